The number of nitrogens with zero attached hydrogens (tertiary/aromatic N) is 5. The lowest BCUT2D eigenvalue weighted by Gasteiger charge is -2.26. The number of ether oxygens (including phenoxy) is 3. The SMILES string of the molecule is CCCCn1nnnc1COC(=O)c1ccc(OCC(=O)N2CCCCC2)c(OCC)c1. The molecule has 1 fully saturated rings. The van der Waals surface area contributed by atoms with E-state index < -0.39 is 5.97 Å². The summed E-state index contributed by atoms with van der Waals surface area (Å²) >= 11 is 0. The number of carbonyl (C=O) groups excluding carboxylic acids is 2. The zero-order chi connectivity index (χ0) is 22.8. The summed E-state index contributed by atoms with van der Waals surface area (Å²) in [7, 11) is 0. The van der Waals surface area contributed by atoms with E-state index in [2.05, 4.69) is 22.4 Å². The van der Waals surface area contributed by atoms with Crippen LogP contribution in [0.4, 0.5) is 0 Å². The molecule has 1 saturated heterocycles. The first-order chi connectivity index (χ1) is 15.6. The number of aryl methyl sites for hydroxylation is 1. The molecule has 0 N–H and O–H groups in total. The third kappa shape index (κ3) is 6.41. The van der Waals surface area contributed by atoms with Crippen molar-refractivity contribution in [3.8, 4) is 11.5 Å². The molecule has 0 saturated carbocycles. The highest BCUT2D eigenvalue weighted by Gasteiger charge is 2.19. The van der Waals surface area contributed by atoms with Crippen molar-refractivity contribution < 1.29 is 23.8 Å². The van der Waals surface area contributed by atoms with Crippen LogP contribution >= 0.6 is 0 Å². The van der Waals surface area contributed by atoms with Gasteiger partial charge < -0.3 is 19.1 Å². The molecule has 1 aliphatic heterocycles. The number of hydrogen-bond donors (Lipinski definition) is 0. The molecule has 2 aromatic rings. The van der Waals surface area contributed by atoms with Crippen molar-refractivity contribution in [1.29, 1.82) is 0 Å². The van der Waals surface area contributed by atoms with Crippen LogP contribution in [0, 0.1) is 0 Å². The number of rotatable bonds is 11. The molecule has 0 radical (unpaired) electrons. The summed E-state index contributed by atoms with van der Waals surface area (Å²) in [6.45, 7) is 6.43. The van der Waals surface area contributed by atoms with E-state index in [-0.39, 0.29) is 19.1 Å². The lowest BCUT2D eigenvalue weighted by atomic mass is 10.1. The Balaban J connectivity index is 1.59. The number of benzene rings is 1. The molecule has 1 aromatic heterocycles. The van der Waals surface area contributed by atoms with Gasteiger partial charge in [0.15, 0.2) is 30.5 Å². The molecule has 32 heavy (non-hydrogen) atoms. The Labute approximate surface area is 187 Å². The quantitative estimate of drug-likeness (QED) is 0.486. The number of hydrogen-bond acceptors (Lipinski definition) is 8. The topological polar surface area (TPSA) is 109 Å². The van der Waals surface area contributed by atoms with Crippen LogP contribution in [0.15, 0.2) is 18.2 Å². The van der Waals surface area contributed by atoms with E-state index in [0.29, 0.717) is 36.0 Å². The van der Waals surface area contributed by atoms with E-state index in [1.165, 1.54) is 0 Å². The first-order valence-electron chi connectivity index (χ1n) is 11.2. The van der Waals surface area contributed by atoms with Crippen LogP contribution in [-0.4, -0.2) is 63.3 Å². The Bertz CT molecular complexity index is 895. The number of carbonyl (C=O) groups is 2. The highest BCUT2D eigenvalue weighted by atomic mass is 16.5. The lowest BCUT2D eigenvalue weighted by molar-refractivity contribution is -0.134. The predicted octanol–water partition coefficient (Wildman–Crippen LogP) is 2.62. The van der Waals surface area contributed by atoms with Crippen LogP contribution in [0.2, 0.25) is 0 Å². The normalized spacial score (nSPS) is 13.6. The molecular weight excluding hydrogens is 414 g/mol. The molecule has 3 rings (SSSR count). The largest absolute Gasteiger partial charge is 0.490 e. The van der Waals surface area contributed by atoms with E-state index in [1.807, 2.05) is 11.8 Å². The molecule has 0 atom stereocenters. The average Bonchev–Trinajstić information content (AvgIpc) is 3.28. The Morgan fingerprint density at radius 2 is 1.88 bits per heavy atom. The summed E-state index contributed by atoms with van der Waals surface area (Å²) in [6.07, 6.45) is 5.16. The van der Waals surface area contributed by atoms with Crippen LogP contribution < -0.4 is 9.47 Å². The second-order valence-corrected chi connectivity index (χ2v) is 7.57. The van der Waals surface area contributed by atoms with Gasteiger partial charge in [-0.1, -0.05) is 13.3 Å². The molecular formula is C22H31N5O5. The number of tetrazole rings is 1. The maximum absolute atomic E-state index is 12.5. The Morgan fingerprint density at radius 1 is 1.06 bits per heavy atom. The summed E-state index contributed by atoms with van der Waals surface area (Å²) in [5.41, 5.74) is 0.315. The van der Waals surface area contributed by atoms with E-state index in [9.17, 15) is 9.59 Å². The van der Waals surface area contributed by atoms with E-state index in [4.69, 9.17) is 14.2 Å². The molecule has 1 aromatic carbocycles. The van der Waals surface area contributed by atoms with Gasteiger partial charge in [0.05, 0.1) is 12.2 Å². The molecule has 174 valence electrons. The Hall–Kier alpha value is -3.17. The van der Waals surface area contributed by atoms with Gasteiger partial charge in [0.2, 0.25) is 0 Å². The van der Waals surface area contributed by atoms with E-state index in [0.717, 1.165) is 45.2 Å². The van der Waals surface area contributed by atoms with Gasteiger partial charge in [-0.3, -0.25) is 4.79 Å². The van der Waals surface area contributed by atoms with E-state index in [1.54, 1.807) is 22.9 Å². The molecule has 2 heterocycles. The standard InChI is InChI=1S/C22H31N5O5/c1-3-5-13-27-20(23-24-25-27)15-32-22(29)17-9-10-18(19(14-17)30-4-2)31-16-21(28)26-11-7-6-8-12-26/h9-10,14H,3-8,11-13,15-16H2,1-2H3. The van der Waals surface area contributed by atoms with Gasteiger partial charge in [-0.2, -0.15) is 0 Å². The predicted molar refractivity (Wildman–Crippen MR) is 115 cm³/mol. The minimum atomic E-state index is -0.521. The van der Waals surface area contributed by atoms with Crippen LogP contribution in [0.25, 0.3) is 0 Å². The highest BCUT2D eigenvalue weighted by Crippen LogP contribution is 2.29. The maximum atomic E-state index is 12.5. The molecule has 10 heteroatoms. The zero-order valence-electron chi connectivity index (χ0n) is 18.8. The molecule has 0 bridgehead atoms. The number of esters is 1. The second kappa shape index (κ2) is 12.0. The third-order valence-electron chi connectivity index (χ3n) is 5.20. The molecule has 1 amide bonds. The summed E-state index contributed by atoms with van der Waals surface area (Å²) < 4.78 is 18.4. The first-order valence-corrected chi connectivity index (χ1v) is 11.2. The number of aromatic nitrogens is 4. The van der Waals surface area contributed by atoms with Gasteiger partial charge >= 0.3 is 5.97 Å². The third-order valence-corrected chi connectivity index (χ3v) is 5.20. The Morgan fingerprint density at radius 3 is 2.62 bits per heavy atom. The second-order valence-electron chi connectivity index (χ2n) is 7.57. The van der Waals surface area contributed by atoms with Gasteiger partial charge in [-0.25, -0.2) is 9.48 Å². The summed E-state index contributed by atoms with van der Waals surface area (Å²) in [5, 5.41) is 11.5. The van der Waals surface area contributed by atoms with Crippen LogP contribution in [0.3, 0.4) is 0 Å². The number of amides is 1. The zero-order valence-corrected chi connectivity index (χ0v) is 18.8. The number of piperidine rings is 1. The minimum absolute atomic E-state index is 0.0257. The summed E-state index contributed by atoms with van der Waals surface area (Å²) in [4.78, 5) is 26.7. The highest BCUT2D eigenvalue weighted by molar-refractivity contribution is 5.90. The first kappa shape index (κ1) is 23.5. The minimum Gasteiger partial charge on any atom is -0.490 e. The van der Waals surface area contributed by atoms with Crippen molar-refractivity contribution in [2.24, 2.45) is 0 Å². The van der Waals surface area contributed by atoms with Crippen molar-refractivity contribution >= 4 is 11.9 Å². The fourth-order valence-electron chi connectivity index (χ4n) is 3.42. The van der Waals surface area contributed by atoms with Gasteiger partial charge in [0.1, 0.15) is 0 Å². The van der Waals surface area contributed by atoms with E-state index >= 15 is 0 Å². The van der Waals surface area contributed by atoms with Crippen LogP contribution in [-0.2, 0) is 22.7 Å². The Kier molecular flexibility index (Phi) is 8.82. The molecule has 10 nitrogen and oxygen atoms in total. The smallest absolute Gasteiger partial charge is 0.338 e. The summed E-state index contributed by atoms with van der Waals surface area (Å²) in [5.74, 6) is 0.731. The monoisotopic (exact) mass is 445 g/mol. The van der Waals surface area contributed by atoms with Gasteiger partial charge in [0, 0.05) is 19.6 Å². The van der Waals surface area contributed by atoms with Gasteiger partial charge in [-0.05, 0) is 61.2 Å². The number of unbranched alkanes of at least 4 members (excludes halogenated alkanes) is 1. The van der Waals surface area contributed by atoms with Crippen molar-refractivity contribution in [3.63, 3.8) is 0 Å². The van der Waals surface area contributed by atoms with Crippen molar-refractivity contribution in [2.75, 3.05) is 26.3 Å². The lowest BCUT2D eigenvalue weighted by Crippen LogP contribution is -2.38. The fraction of sp³-hybridized carbons (Fsp3) is 0.591. The van der Waals surface area contributed by atoms with Crippen molar-refractivity contribution in [3.05, 3.63) is 29.6 Å². The maximum Gasteiger partial charge on any atom is 0.338 e. The van der Waals surface area contributed by atoms with Crippen LogP contribution in [0.1, 0.15) is 62.1 Å². The molecule has 0 unspecified atom stereocenters. The van der Waals surface area contributed by atoms with Crippen molar-refractivity contribution in [2.45, 2.75) is 59.1 Å². The molecule has 1 aliphatic rings. The van der Waals surface area contributed by atoms with Crippen LogP contribution in [0.5, 0.6) is 11.5 Å². The molecule has 0 spiro atoms. The van der Waals surface area contributed by atoms with Gasteiger partial charge in [-0.15, -0.1) is 5.10 Å². The fourth-order valence-corrected chi connectivity index (χ4v) is 3.42. The van der Waals surface area contributed by atoms with Gasteiger partial charge in [0.25, 0.3) is 5.91 Å². The number of likely N-dealkylation sites (tertiary alicyclic amines) is 1. The van der Waals surface area contributed by atoms with Crippen molar-refractivity contribution in [1.82, 2.24) is 25.1 Å². The summed E-state index contributed by atoms with van der Waals surface area (Å²) in [6, 6.07) is 4.77. The molecule has 0 aliphatic carbocycles. The average molecular weight is 446 g/mol.